The number of carboxylic acid groups (broad SMARTS) is 1. The molecule has 5 nitrogen and oxygen atoms in total. The molecule has 0 saturated carbocycles. The summed E-state index contributed by atoms with van der Waals surface area (Å²) in [5.41, 5.74) is 3.53. The molecule has 0 aliphatic rings. The lowest BCUT2D eigenvalue weighted by atomic mass is 9.88. The minimum atomic E-state index is -0.895. The van der Waals surface area contributed by atoms with E-state index in [-0.39, 0.29) is 23.7 Å². The van der Waals surface area contributed by atoms with Gasteiger partial charge in [-0.3, -0.25) is 4.79 Å². The Bertz CT molecular complexity index is 726. The first kappa shape index (κ1) is 17.7. The Labute approximate surface area is 141 Å². The maximum absolute atomic E-state index is 11.8. The predicted molar refractivity (Wildman–Crippen MR) is 91.2 cm³/mol. The van der Waals surface area contributed by atoms with Gasteiger partial charge >= 0.3 is 5.97 Å². The zero-order valence-electron chi connectivity index (χ0n) is 14.3. The van der Waals surface area contributed by atoms with Crippen molar-refractivity contribution in [3.05, 3.63) is 52.6 Å². The Balaban J connectivity index is 2.43. The van der Waals surface area contributed by atoms with Crippen LogP contribution in [0.5, 0.6) is 17.2 Å². The van der Waals surface area contributed by atoms with Crippen molar-refractivity contribution in [2.24, 2.45) is 0 Å². The number of carbonyl (C=O) groups is 1. The average molecular weight is 330 g/mol. The van der Waals surface area contributed by atoms with Crippen LogP contribution in [-0.4, -0.2) is 30.4 Å². The number of aromatic hydroxyl groups is 1. The van der Waals surface area contributed by atoms with Gasteiger partial charge in [-0.25, -0.2) is 0 Å². The molecule has 5 heteroatoms. The quantitative estimate of drug-likeness (QED) is 0.848. The van der Waals surface area contributed by atoms with Gasteiger partial charge in [0.1, 0.15) is 0 Å². The van der Waals surface area contributed by atoms with Crippen LogP contribution in [-0.2, 0) is 11.2 Å². The van der Waals surface area contributed by atoms with Crippen LogP contribution in [0.25, 0.3) is 0 Å². The van der Waals surface area contributed by atoms with Gasteiger partial charge in [-0.15, -0.1) is 0 Å². The number of benzene rings is 2. The highest BCUT2D eigenvalue weighted by Crippen LogP contribution is 2.38. The number of phenols is 1. The monoisotopic (exact) mass is 330 g/mol. The fraction of sp³-hybridized carbons (Fsp3) is 0.316. The van der Waals surface area contributed by atoms with Gasteiger partial charge < -0.3 is 19.7 Å². The second kappa shape index (κ2) is 7.25. The fourth-order valence-corrected chi connectivity index (χ4v) is 2.85. The number of phenolic OH excluding ortho intramolecular Hbond substituents is 1. The first-order valence-electron chi connectivity index (χ1n) is 7.61. The number of rotatable bonds is 6. The van der Waals surface area contributed by atoms with Gasteiger partial charge in [0.2, 0.25) is 5.75 Å². The molecule has 2 aromatic rings. The van der Waals surface area contributed by atoms with Crippen LogP contribution in [0.1, 0.15) is 28.2 Å². The van der Waals surface area contributed by atoms with Gasteiger partial charge in [-0.05, 0) is 49.1 Å². The molecule has 24 heavy (non-hydrogen) atoms. The number of hydrogen-bond donors (Lipinski definition) is 2. The van der Waals surface area contributed by atoms with E-state index in [1.54, 1.807) is 12.1 Å². The molecule has 0 amide bonds. The van der Waals surface area contributed by atoms with Crippen molar-refractivity contribution in [3.63, 3.8) is 0 Å². The van der Waals surface area contributed by atoms with Crippen LogP contribution in [0, 0.1) is 13.8 Å². The summed E-state index contributed by atoms with van der Waals surface area (Å²) in [4.78, 5) is 11.8. The summed E-state index contributed by atoms with van der Waals surface area (Å²) in [5.74, 6) is -1.16. The Hall–Kier alpha value is -2.69. The maximum Gasteiger partial charge on any atom is 0.311 e. The van der Waals surface area contributed by atoms with Gasteiger partial charge in [-0.1, -0.05) is 23.8 Å². The molecular formula is C19H22O5. The van der Waals surface area contributed by atoms with E-state index in [2.05, 4.69) is 0 Å². The van der Waals surface area contributed by atoms with Crippen molar-refractivity contribution in [1.82, 2.24) is 0 Å². The molecule has 1 atom stereocenters. The van der Waals surface area contributed by atoms with Gasteiger partial charge in [0.25, 0.3) is 0 Å². The van der Waals surface area contributed by atoms with Crippen LogP contribution in [0.4, 0.5) is 0 Å². The summed E-state index contributed by atoms with van der Waals surface area (Å²) in [7, 11) is 2.88. The molecule has 2 aromatic carbocycles. The van der Waals surface area contributed by atoms with Crippen LogP contribution in [0.3, 0.4) is 0 Å². The van der Waals surface area contributed by atoms with Crippen molar-refractivity contribution in [2.75, 3.05) is 14.2 Å². The van der Waals surface area contributed by atoms with Crippen LogP contribution in [0.15, 0.2) is 30.3 Å². The highest BCUT2D eigenvalue weighted by atomic mass is 16.5. The molecule has 1 unspecified atom stereocenters. The van der Waals surface area contributed by atoms with Crippen molar-refractivity contribution < 1.29 is 24.5 Å². The molecular weight excluding hydrogens is 308 g/mol. The lowest BCUT2D eigenvalue weighted by molar-refractivity contribution is -0.138. The normalized spacial score (nSPS) is 11.8. The fourth-order valence-electron chi connectivity index (χ4n) is 2.85. The smallest absolute Gasteiger partial charge is 0.311 e. The summed E-state index contributed by atoms with van der Waals surface area (Å²) in [6.07, 6.45) is 0.270. The summed E-state index contributed by atoms with van der Waals surface area (Å²) in [6.45, 7) is 3.89. The molecule has 2 rings (SSSR count). The SMILES string of the molecule is COc1cc(CC(C(=O)O)c2ccc(C)cc2C)cc(OC)c1O. The number of methoxy groups -OCH3 is 2. The molecule has 0 bridgehead atoms. The van der Waals surface area contributed by atoms with E-state index in [4.69, 9.17) is 9.47 Å². The topological polar surface area (TPSA) is 76.0 Å². The first-order valence-corrected chi connectivity index (χ1v) is 7.61. The van der Waals surface area contributed by atoms with E-state index >= 15 is 0 Å². The minimum Gasteiger partial charge on any atom is -0.502 e. The zero-order valence-corrected chi connectivity index (χ0v) is 14.3. The van der Waals surface area contributed by atoms with Gasteiger partial charge in [-0.2, -0.15) is 0 Å². The summed E-state index contributed by atoms with van der Waals surface area (Å²) in [6, 6.07) is 9.02. The summed E-state index contributed by atoms with van der Waals surface area (Å²) >= 11 is 0. The maximum atomic E-state index is 11.8. The molecule has 2 N–H and O–H groups in total. The number of carboxylic acids is 1. The number of hydrogen-bond acceptors (Lipinski definition) is 4. The third-order valence-corrected chi connectivity index (χ3v) is 4.08. The van der Waals surface area contributed by atoms with E-state index in [9.17, 15) is 15.0 Å². The predicted octanol–water partition coefficient (Wildman–Crippen LogP) is 3.44. The molecule has 0 spiro atoms. The van der Waals surface area contributed by atoms with E-state index in [0.29, 0.717) is 5.56 Å². The summed E-state index contributed by atoms with van der Waals surface area (Å²) in [5, 5.41) is 19.7. The van der Waals surface area contributed by atoms with Crippen molar-refractivity contribution >= 4 is 5.97 Å². The number of ether oxygens (including phenoxy) is 2. The number of aliphatic carboxylic acids is 1. The van der Waals surface area contributed by atoms with Crippen molar-refractivity contribution in [2.45, 2.75) is 26.2 Å². The Morgan fingerprint density at radius 3 is 2.12 bits per heavy atom. The largest absolute Gasteiger partial charge is 0.502 e. The third kappa shape index (κ3) is 3.62. The molecule has 0 aromatic heterocycles. The van der Waals surface area contributed by atoms with Crippen molar-refractivity contribution in [3.8, 4) is 17.2 Å². The molecule has 0 aliphatic heterocycles. The Morgan fingerprint density at radius 2 is 1.67 bits per heavy atom. The van der Waals surface area contributed by atoms with E-state index < -0.39 is 11.9 Å². The highest BCUT2D eigenvalue weighted by Gasteiger charge is 2.23. The molecule has 128 valence electrons. The van der Waals surface area contributed by atoms with Crippen LogP contribution < -0.4 is 9.47 Å². The lowest BCUT2D eigenvalue weighted by Gasteiger charge is -2.17. The minimum absolute atomic E-state index is 0.0952. The average Bonchev–Trinajstić information content (AvgIpc) is 2.54. The standard InChI is InChI=1S/C19H22O5/c1-11-5-6-14(12(2)7-11)15(19(21)22)8-13-9-16(23-3)18(20)17(10-13)24-4/h5-7,9-10,15,20H,8H2,1-4H3,(H,21,22). The van der Waals surface area contributed by atoms with Gasteiger partial charge in [0, 0.05) is 0 Å². The first-order chi connectivity index (χ1) is 11.4. The second-order valence-electron chi connectivity index (χ2n) is 5.80. The van der Waals surface area contributed by atoms with E-state index in [0.717, 1.165) is 16.7 Å². The van der Waals surface area contributed by atoms with E-state index in [1.807, 2.05) is 32.0 Å². The third-order valence-electron chi connectivity index (χ3n) is 4.08. The molecule has 0 fully saturated rings. The molecule has 0 aliphatic carbocycles. The van der Waals surface area contributed by atoms with Crippen molar-refractivity contribution in [1.29, 1.82) is 0 Å². The zero-order chi connectivity index (χ0) is 17.9. The number of aryl methyl sites for hydroxylation is 2. The molecule has 0 heterocycles. The van der Waals surface area contributed by atoms with Gasteiger partial charge in [0.15, 0.2) is 11.5 Å². The molecule has 0 radical (unpaired) electrons. The van der Waals surface area contributed by atoms with Crippen LogP contribution >= 0.6 is 0 Å². The Kier molecular flexibility index (Phi) is 5.34. The van der Waals surface area contributed by atoms with E-state index in [1.165, 1.54) is 14.2 Å². The Morgan fingerprint density at radius 1 is 1.08 bits per heavy atom. The molecule has 0 saturated heterocycles. The second-order valence-corrected chi connectivity index (χ2v) is 5.80. The van der Waals surface area contributed by atoms with Crippen LogP contribution in [0.2, 0.25) is 0 Å². The van der Waals surface area contributed by atoms with Gasteiger partial charge in [0.05, 0.1) is 20.1 Å². The highest BCUT2D eigenvalue weighted by molar-refractivity contribution is 5.77. The lowest BCUT2D eigenvalue weighted by Crippen LogP contribution is -2.16. The summed E-state index contributed by atoms with van der Waals surface area (Å²) < 4.78 is 10.3.